The largest absolute Gasteiger partial charge is 0.316 e. The molecule has 1 nitrogen and oxygen atoms in total. The van der Waals surface area contributed by atoms with Gasteiger partial charge in [0.1, 0.15) is 0 Å². The maximum absolute atomic E-state index is 6.24. The van der Waals surface area contributed by atoms with Crippen LogP contribution in [0.25, 0.3) is 0 Å². The van der Waals surface area contributed by atoms with Crippen LogP contribution in [0.2, 0.25) is 5.02 Å². The van der Waals surface area contributed by atoms with Crippen LogP contribution in [0, 0.1) is 10.8 Å². The van der Waals surface area contributed by atoms with E-state index in [2.05, 4.69) is 49.1 Å². The summed E-state index contributed by atoms with van der Waals surface area (Å²) < 4.78 is 0. The Morgan fingerprint density at radius 2 is 2.15 bits per heavy atom. The van der Waals surface area contributed by atoms with Crippen LogP contribution in [0.1, 0.15) is 38.2 Å². The first-order chi connectivity index (χ1) is 9.55. The summed E-state index contributed by atoms with van der Waals surface area (Å²) in [6.07, 6.45) is 2.61. The Morgan fingerprint density at radius 3 is 2.90 bits per heavy atom. The molecule has 0 saturated carbocycles. The average molecular weight is 310 g/mol. The standard InChI is InChI=1S/C17H24ClNS/c1-16(2)7-9-20-12-17(16)6-8-19-11-15(17)13-4-3-5-14(18)10-13/h3-5,10,15,19H,6-9,11-12H2,1-2H3. The molecule has 0 aromatic heterocycles. The van der Waals surface area contributed by atoms with Gasteiger partial charge < -0.3 is 5.32 Å². The zero-order valence-corrected chi connectivity index (χ0v) is 14.0. The van der Waals surface area contributed by atoms with Gasteiger partial charge in [-0.05, 0) is 53.7 Å². The van der Waals surface area contributed by atoms with Gasteiger partial charge in [-0.3, -0.25) is 0 Å². The van der Waals surface area contributed by atoms with Crippen LogP contribution >= 0.6 is 23.4 Å². The van der Waals surface area contributed by atoms with E-state index in [0.29, 0.717) is 16.7 Å². The first-order valence-corrected chi connectivity index (χ1v) is 9.12. The number of hydrogen-bond donors (Lipinski definition) is 1. The summed E-state index contributed by atoms with van der Waals surface area (Å²) in [6.45, 7) is 7.20. The number of nitrogens with one attached hydrogen (secondary N) is 1. The minimum Gasteiger partial charge on any atom is -0.316 e. The maximum Gasteiger partial charge on any atom is 0.0408 e. The highest BCUT2D eigenvalue weighted by atomic mass is 35.5. The monoisotopic (exact) mass is 309 g/mol. The Labute approximate surface area is 131 Å². The molecule has 110 valence electrons. The molecule has 2 aliphatic heterocycles. The van der Waals surface area contributed by atoms with E-state index in [4.69, 9.17) is 11.6 Å². The predicted octanol–water partition coefficient (Wildman–Crippen LogP) is 4.57. The minimum atomic E-state index is 0.409. The quantitative estimate of drug-likeness (QED) is 0.815. The van der Waals surface area contributed by atoms with Gasteiger partial charge in [0.25, 0.3) is 0 Å². The van der Waals surface area contributed by atoms with Crippen LogP contribution in [0.3, 0.4) is 0 Å². The van der Waals surface area contributed by atoms with Gasteiger partial charge in [0.15, 0.2) is 0 Å². The van der Waals surface area contributed by atoms with Crippen molar-refractivity contribution in [1.82, 2.24) is 5.32 Å². The van der Waals surface area contributed by atoms with Crippen molar-refractivity contribution in [2.45, 2.75) is 32.6 Å². The van der Waals surface area contributed by atoms with Gasteiger partial charge in [-0.2, -0.15) is 11.8 Å². The molecule has 1 N–H and O–H groups in total. The van der Waals surface area contributed by atoms with Crippen molar-refractivity contribution in [1.29, 1.82) is 0 Å². The number of thioether (sulfide) groups is 1. The van der Waals surface area contributed by atoms with E-state index in [-0.39, 0.29) is 0 Å². The molecule has 0 amide bonds. The summed E-state index contributed by atoms with van der Waals surface area (Å²) in [4.78, 5) is 0. The number of rotatable bonds is 1. The van der Waals surface area contributed by atoms with Crippen LogP contribution < -0.4 is 5.32 Å². The van der Waals surface area contributed by atoms with Crippen molar-refractivity contribution in [2.24, 2.45) is 10.8 Å². The number of piperidine rings is 1. The van der Waals surface area contributed by atoms with E-state index >= 15 is 0 Å². The maximum atomic E-state index is 6.24. The third kappa shape index (κ3) is 2.40. The fourth-order valence-electron chi connectivity index (χ4n) is 4.10. The normalized spacial score (nSPS) is 33.2. The molecule has 1 aromatic carbocycles. The number of hydrogen-bond acceptors (Lipinski definition) is 2. The van der Waals surface area contributed by atoms with Gasteiger partial charge in [0.2, 0.25) is 0 Å². The Kier molecular flexibility index (Phi) is 4.09. The molecule has 2 fully saturated rings. The van der Waals surface area contributed by atoms with Gasteiger partial charge in [0, 0.05) is 23.2 Å². The molecule has 3 rings (SSSR count). The zero-order valence-electron chi connectivity index (χ0n) is 12.4. The highest BCUT2D eigenvalue weighted by Crippen LogP contribution is 2.58. The van der Waals surface area contributed by atoms with E-state index in [9.17, 15) is 0 Å². The van der Waals surface area contributed by atoms with Crippen LogP contribution in [-0.4, -0.2) is 24.6 Å². The molecule has 2 aliphatic rings. The number of halogens is 1. The fourth-order valence-corrected chi connectivity index (χ4v) is 6.19. The molecular weight excluding hydrogens is 286 g/mol. The van der Waals surface area contributed by atoms with Crippen LogP contribution in [-0.2, 0) is 0 Å². The van der Waals surface area contributed by atoms with E-state index in [1.165, 1.54) is 29.9 Å². The van der Waals surface area contributed by atoms with Crippen molar-refractivity contribution < 1.29 is 0 Å². The lowest BCUT2D eigenvalue weighted by molar-refractivity contribution is 0.0255. The molecule has 3 heteroatoms. The third-order valence-electron chi connectivity index (χ3n) is 5.59. The van der Waals surface area contributed by atoms with Gasteiger partial charge in [-0.15, -0.1) is 0 Å². The second-order valence-electron chi connectivity index (χ2n) is 6.90. The molecule has 2 heterocycles. The first kappa shape index (κ1) is 14.7. The molecule has 1 spiro atoms. The summed E-state index contributed by atoms with van der Waals surface area (Å²) in [5.74, 6) is 3.18. The summed E-state index contributed by atoms with van der Waals surface area (Å²) in [6, 6.07) is 8.52. The third-order valence-corrected chi connectivity index (χ3v) is 7.04. The van der Waals surface area contributed by atoms with E-state index < -0.39 is 0 Å². The SMILES string of the molecule is CC1(C)CCSCC12CCNCC2c1cccc(Cl)c1. The van der Waals surface area contributed by atoms with Gasteiger partial charge in [0.05, 0.1) is 0 Å². The lowest BCUT2D eigenvalue weighted by Crippen LogP contribution is -2.54. The Balaban J connectivity index is 2.02. The molecule has 1 aromatic rings. The second-order valence-corrected chi connectivity index (χ2v) is 8.45. The van der Waals surface area contributed by atoms with Crippen LogP contribution in [0.5, 0.6) is 0 Å². The van der Waals surface area contributed by atoms with Gasteiger partial charge in [-0.1, -0.05) is 37.6 Å². The van der Waals surface area contributed by atoms with Gasteiger partial charge in [-0.25, -0.2) is 0 Å². The summed E-state index contributed by atoms with van der Waals surface area (Å²) >= 11 is 8.38. The molecule has 0 radical (unpaired) electrons. The fraction of sp³-hybridized carbons (Fsp3) is 0.647. The first-order valence-electron chi connectivity index (χ1n) is 7.59. The number of benzene rings is 1. The Morgan fingerprint density at radius 1 is 1.30 bits per heavy atom. The van der Waals surface area contributed by atoms with Crippen molar-refractivity contribution >= 4 is 23.4 Å². The van der Waals surface area contributed by atoms with Crippen molar-refractivity contribution in [3.05, 3.63) is 34.9 Å². The van der Waals surface area contributed by atoms with Crippen molar-refractivity contribution in [3.63, 3.8) is 0 Å². The van der Waals surface area contributed by atoms with Crippen molar-refractivity contribution in [2.75, 3.05) is 24.6 Å². The molecule has 2 saturated heterocycles. The lowest BCUT2D eigenvalue weighted by atomic mass is 9.54. The molecule has 2 atom stereocenters. The topological polar surface area (TPSA) is 12.0 Å². The highest BCUT2D eigenvalue weighted by molar-refractivity contribution is 7.99. The zero-order chi connectivity index (χ0) is 14.2. The van der Waals surface area contributed by atoms with E-state index in [1.807, 2.05) is 6.07 Å². The molecule has 0 aliphatic carbocycles. The lowest BCUT2D eigenvalue weighted by Gasteiger charge is -2.57. The summed E-state index contributed by atoms with van der Waals surface area (Å²) in [5.41, 5.74) is 2.24. The summed E-state index contributed by atoms with van der Waals surface area (Å²) in [5, 5.41) is 4.48. The molecular formula is C17H24ClNS. The molecule has 0 bridgehead atoms. The van der Waals surface area contributed by atoms with Crippen LogP contribution in [0.15, 0.2) is 24.3 Å². The Bertz CT molecular complexity index is 482. The average Bonchev–Trinajstić information content (AvgIpc) is 2.43. The van der Waals surface area contributed by atoms with Crippen molar-refractivity contribution in [3.8, 4) is 0 Å². The smallest absolute Gasteiger partial charge is 0.0408 e. The van der Waals surface area contributed by atoms with Gasteiger partial charge >= 0.3 is 0 Å². The Hall–Kier alpha value is -0.180. The minimum absolute atomic E-state index is 0.409. The second kappa shape index (κ2) is 5.55. The van der Waals surface area contributed by atoms with E-state index in [1.54, 1.807) is 0 Å². The van der Waals surface area contributed by atoms with E-state index in [0.717, 1.165) is 18.1 Å². The molecule has 20 heavy (non-hydrogen) atoms. The molecule has 2 unspecified atom stereocenters. The van der Waals surface area contributed by atoms with Crippen LogP contribution in [0.4, 0.5) is 0 Å². The highest BCUT2D eigenvalue weighted by Gasteiger charge is 2.52. The summed E-state index contributed by atoms with van der Waals surface area (Å²) in [7, 11) is 0. The predicted molar refractivity (Wildman–Crippen MR) is 89.8 cm³/mol.